The van der Waals surface area contributed by atoms with Crippen LogP contribution in [-0.2, 0) is 19.2 Å². The summed E-state index contributed by atoms with van der Waals surface area (Å²) in [5.74, 6) is -0.658. The minimum atomic E-state index is -0.469. The van der Waals surface area contributed by atoms with Gasteiger partial charge in [0, 0.05) is 12.1 Å². The van der Waals surface area contributed by atoms with E-state index in [1.807, 2.05) is 13.8 Å². The van der Waals surface area contributed by atoms with E-state index in [0.29, 0.717) is 12.1 Å². The number of hydrogen-bond donors (Lipinski definition) is 1. The van der Waals surface area contributed by atoms with E-state index in [4.69, 9.17) is 9.57 Å². The van der Waals surface area contributed by atoms with E-state index in [2.05, 4.69) is 12.1 Å². The zero-order chi connectivity index (χ0) is 14.2. The number of hydroxylamine groups is 1. The third-order valence-corrected chi connectivity index (χ3v) is 2.58. The first kappa shape index (κ1) is 16.6. The van der Waals surface area contributed by atoms with Crippen LogP contribution in [0.4, 0.5) is 0 Å². The summed E-state index contributed by atoms with van der Waals surface area (Å²) in [6, 6.07) is 0. The zero-order valence-electron chi connectivity index (χ0n) is 11.7. The molecule has 0 bridgehead atoms. The molecule has 104 valence electrons. The van der Waals surface area contributed by atoms with Gasteiger partial charge in [-0.15, -0.1) is 0 Å². The van der Waals surface area contributed by atoms with Crippen molar-refractivity contribution in [3.8, 4) is 0 Å². The van der Waals surface area contributed by atoms with Gasteiger partial charge in [-0.2, -0.15) is 5.48 Å². The van der Waals surface area contributed by atoms with E-state index in [9.17, 15) is 9.59 Å². The first-order chi connectivity index (χ1) is 8.31. The number of nitrogens with one attached hydrogen (secondary N) is 1. The lowest BCUT2D eigenvalue weighted by molar-refractivity contribution is -0.151. The van der Waals surface area contributed by atoms with E-state index in [0.717, 1.165) is 19.3 Å². The minimum absolute atomic E-state index is 0.204. The van der Waals surface area contributed by atoms with Gasteiger partial charge in [0.15, 0.2) is 0 Å². The molecule has 0 fully saturated rings. The van der Waals surface area contributed by atoms with Gasteiger partial charge in [-0.3, -0.25) is 4.79 Å². The van der Waals surface area contributed by atoms with Crippen molar-refractivity contribution in [2.75, 3.05) is 13.7 Å². The Bertz CT molecular complexity index is 310. The van der Waals surface area contributed by atoms with Gasteiger partial charge in [0.1, 0.15) is 0 Å². The third kappa shape index (κ3) is 6.39. The molecule has 1 N–H and O–H groups in total. The monoisotopic (exact) mass is 257 g/mol. The van der Waals surface area contributed by atoms with Crippen LogP contribution in [0.2, 0.25) is 0 Å². The third-order valence-electron chi connectivity index (χ3n) is 2.58. The first-order valence-corrected chi connectivity index (χ1v) is 5.99. The van der Waals surface area contributed by atoms with E-state index < -0.39 is 11.4 Å². The van der Waals surface area contributed by atoms with Crippen molar-refractivity contribution in [1.29, 1.82) is 0 Å². The molecule has 0 rings (SSSR count). The summed E-state index contributed by atoms with van der Waals surface area (Å²) >= 11 is 0. The molecule has 0 aromatic carbocycles. The highest BCUT2D eigenvalue weighted by molar-refractivity contribution is 5.86. The van der Waals surface area contributed by atoms with Crippen molar-refractivity contribution in [3.63, 3.8) is 0 Å². The molecule has 0 atom stereocenters. The average Bonchev–Trinajstić information content (AvgIpc) is 2.31. The van der Waals surface area contributed by atoms with Gasteiger partial charge in [-0.1, -0.05) is 13.0 Å². The maximum Gasteiger partial charge on any atom is 0.351 e. The van der Waals surface area contributed by atoms with Gasteiger partial charge in [0.2, 0.25) is 0 Å². The molecule has 0 unspecified atom stereocenters. The Morgan fingerprint density at radius 2 is 1.89 bits per heavy atom. The Morgan fingerprint density at radius 1 is 1.28 bits per heavy atom. The number of esters is 1. The van der Waals surface area contributed by atoms with Crippen LogP contribution in [0, 0.1) is 5.41 Å². The molecule has 5 heteroatoms. The lowest BCUT2D eigenvalue weighted by Gasteiger charge is -2.20. The molecule has 18 heavy (non-hydrogen) atoms. The van der Waals surface area contributed by atoms with Gasteiger partial charge < -0.3 is 9.57 Å². The Labute approximate surface area is 108 Å². The molecule has 0 heterocycles. The van der Waals surface area contributed by atoms with Crippen LogP contribution in [0.5, 0.6) is 0 Å². The number of rotatable bonds is 8. The number of carbonyl (C=O) groups excluding carboxylic acids is 2. The largest absolute Gasteiger partial charge is 0.469 e. The van der Waals surface area contributed by atoms with Crippen molar-refractivity contribution in [1.82, 2.24) is 5.48 Å². The Morgan fingerprint density at radius 3 is 2.39 bits per heavy atom. The highest BCUT2D eigenvalue weighted by atomic mass is 16.7. The SMILES string of the molecule is C=C(C)C(=O)ONCCCCC(C)(C)C(=O)OC. The molecule has 5 nitrogen and oxygen atoms in total. The van der Waals surface area contributed by atoms with Crippen molar-refractivity contribution >= 4 is 11.9 Å². The average molecular weight is 257 g/mol. The molecule has 0 amide bonds. The van der Waals surface area contributed by atoms with E-state index in [-0.39, 0.29) is 5.97 Å². The zero-order valence-corrected chi connectivity index (χ0v) is 11.7. The highest BCUT2D eigenvalue weighted by Crippen LogP contribution is 2.24. The molecule has 0 aliphatic carbocycles. The van der Waals surface area contributed by atoms with Crippen molar-refractivity contribution in [2.24, 2.45) is 5.41 Å². The summed E-state index contributed by atoms with van der Waals surface area (Å²) < 4.78 is 4.72. The summed E-state index contributed by atoms with van der Waals surface area (Å²) in [6.45, 7) is 9.31. The quantitative estimate of drug-likeness (QED) is 0.312. The van der Waals surface area contributed by atoms with Crippen LogP contribution in [-0.4, -0.2) is 25.6 Å². The van der Waals surface area contributed by atoms with Gasteiger partial charge in [0.05, 0.1) is 12.5 Å². The molecule has 0 aliphatic heterocycles. The number of methoxy groups -OCH3 is 1. The standard InChI is InChI=1S/C13H23NO4/c1-10(2)11(15)18-14-9-7-6-8-13(3,4)12(16)17-5/h14H,1,6-9H2,2-5H3. The smallest absolute Gasteiger partial charge is 0.351 e. The highest BCUT2D eigenvalue weighted by Gasteiger charge is 2.27. The maximum absolute atomic E-state index is 11.4. The molecule has 0 radical (unpaired) electrons. The Hall–Kier alpha value is -1.36. The second-order valence-electron chi connectivity index (χ2n) is 4.90. The fourth-order valence-electron chi connectivity index (χ4n) is 1.35. The lowest BCUT2D eigenvalue weighted by Crippen LogP contribution is -2.26. The van der Waals surface area contributed by atoms with Gasteiger partial charge in [-0.05, 0) is 33.6 Å². The first-order valence-electron chi connectivity index (χ1n) is 5.99. The Balaban J connectivity index is 3.66. The van der Waals surface area contributed by atoms with Crippen LogP contribution >= 0.6 is 0 Å². The van der Waals surface area contributed by atoms with Crippen molar-refractivity contribution in [3.05, 3.63) is 12.2 Å². The summed E-state index contributed by atoms with van der Waals surface area (Å²) in [7, 11) is 1.39. The maximum atomic E-state index is 11.4. The lowest BCUT2D eigenvalue weighted by atomic mass is 9.87. The van der Waals surface area contributed by atoms with Gasteiger partial charge >= 0.3 is 11.9 Å². The second kappa shape index (κ2) is 7.87. The van der Waals surface area contributed by atoms with Crippen LogP contribution < -0.4 is 5.48 Å². The van der Waals surface area contributed by atoms with E-state index in [1.165, 1.54) is 7.11 Å². The number of carbonyl (C=O) groups is 2. The summed E-state index contributed by atoms with van der Waals surface area (Å²) in [5, 5.41) is 0. The topological polar surface area (TPSA) is 64.6 Å². The number of hydrogen-bond acceptors (Lipinski definition) is 5. The molecule has 0 saturated heterocycles. The molecule has 0 aromatic rings. The van der Waals surface area contributed by atoms with Gasteiger partial charge in [-0.25, -0.2) is 4.79 Å². The van der Waals surface area contributed by atoms with Crippen molar-refractivity contribution in [2.45, 2.75) is 40.0 Å². The molecule has 0 aliphatic rings. The summed E-state index contributed by atoms with van der Waals surface area (Å²) in [5.41, 5.74) is 2.46. The van der Waals surface area contributed by atoms with Crippen LogP contribution in [0.15, 0.2) is 12.2 Å². The normalized spacial score (nSPS) is 10.9. The molecular formula is C13H23NO4. The molecule has 0 aromatic heterocycles. The number of unbranched alkanes of at least 4 members (excludes halogenated alkanes) is 1. The predicted molar refractivity (Wildman–Crippen MR) is 68.6 cm³/mol. The fourth-order valence-corrected chi connectivity index (χ4v) is 1.35. The van der Waals surface area contributed by atoms with E-state index >= 15 is 0 Å². The van der Waals surface area contributed by atoms with Gasteiger partial charge in [0.25, 0.3) is 0 Å². The van der Waals surface area contributed by atoms with Crippen LogP contribution in [0.1, 0.15) is 40.0 Å². The van der Waals surface area contributed by atoms with Crippen LogP contribution in [0.25, 0.3) is 0 Å². The fraction of sp³-hybridized carbons (Fsp3) is 0.692. The predicted octanol–water partition coefficient (Wildman–Crippen LogP) is 1.98. The van der Waals surface area contributed by atoms with Crippen molar-refractivity contribution < 1.29 is 19.2 Å². The summed E-state index contributed by atoms with van der Waals surface area (Å²) in [4.78, 5) is 27.1. The minimum Gasteiger partial charge on any atom is -0.469 e. The molecular weight excluding hydrogens is 234 g/mol. The summed E-state index contributed by atoms with van der Waals surface area (Å²) in [6.07, 6.45) is 2.39. The van der Waals surface area contributed by atoms with E-state index in [1.54, 1.807) is 6.92 Å². The number of ether oxygens (including phenoxy) is 1. The second-order valence-corrected chi connectivity index (χ2v) is 4.90. The Kier molecular flexibility index (Phi) is 7.27. The van der Waals surface area contributed by atoms with Crippen LogP contribution in [0.3, 0.4) is 0 Å². The molecule has 0 saturated carbocycles. The molecule has 0 spiro atoms.